The van der Waals surface area contributed by atoms with E-state index in [1.54, 1.807) is 36.4 Å². The molecule has 1 aromatic heterocycles. The SMILES string of the molecule is N#Cc1cnc(NC(Cc2ccccc2)C(F)(F)F)cn1. The molecule has 4 nitrogen and oxygen atoms in total. The van der Waals surface area contributed by atoms with Crippen LogP contribution < -0.4 is 5.32 Å². The average Bonchev–Trinajstić information content (AvgIpc) is 2.47. The highest BCUT2D eigenvalue weighted by atomic mass is 19.4. The standard InChI is InChI=1S/C14H11F3N4/c15-14(16,17)12(6-10-4-2-1-3-5-10)21-13-9-19-11(7-18)8-20-13/h1-5,8-9,12H,6H2,(H,20,21). The van der Waals surface area contributed by atoms with Crippen LogP contribution in [0.25, 0.3) is 0 Å². The van der Waals surface area contributed by atoms with Crippen molar-refractivity contribution in [3.63, 3.8) is 0 Å². The van der Waals surface area contributed by atoms with Crippen LogP contribution in [0.5, 0.6) is 0 Å². The second-order valence-electron chi connectivity index (χ2n) is 4.33. The van der Waals surface area contributed by atoms with Gasteiger partial charge in [-0.1, -0.05) is 30.3 Å². The summed E-state index contributed by atoms with van der Waals surface area (Å²) in [5.41, 5.74) is 0.612. The molecule has 1 unspecified atom stereocenters. The van der Waals surface area contributed by atoms with Gasteiger partial charge in [0.15, 0.2) is 5.69 Å². The molecular formula is C14H11F3N4. The van der Waals surface area contributed by atoms with Gasteiger partial charge in [-0.3, -0.25) is 0 Å². The van der Waals surface area contributed by atoms with E-state index in [2.05, 4.69) is 15.3 Å². The van der Waals surface area contributed by atoms with Crippen molar-refractivity contribution in [3.8, 4) is 6.07 Å². The van der Waals surface area contributed by atoms with Gasteiger partial charge in [0.1, 0.15) is 17.9 Å². The molecule has 0 spiro atoms. The van der Waals surface area contributed by atoms with E-state index < -0.39 is 12.2 Å². The van der Waals surface area contributed by atoms with Gasteiger partial charge < -0.3 is 5.32 Å². The fraction of sp³-hybridized carbons (Fsp3) is 0.214. The summed E-state index contributed by atoms with van der Waals surface area (Å²) < 4.78 is 39.2. The zero-order chi connectivity index (χ0) is 15.3. The largest absolute Gasteiger partial charge is 0.408 e. The van der Waals surface area contributed by atoms with E-state index in [0.29, 0.717) is 5.56 Å². The van der Waals surface area contributed by atoms with Crippen LogP contribution in [0.3, 0.4) is 0 Å². The smallest absolute Gasteiger partial charge is 0.357 e. The molecular weight excluding hydrogens is 281 g/mol. The lowest BCUT2D eigenvalue weighted by Crippen LogP contribution is -2.38. The first-order chi connectivity index (χ1) is 9.99. The summed E-state index contributed by atoms with van der Waals surface area (Å²) in [6.45, 7) is 0. The van der Waals surface area contributed by atoms with Crippen LogP contribution in [0.1, 0.15) is 11.3 Å². The van der Waals surface area contributed by atoms with Crippen LogP contribution in [0.4, 0.5) is 19.0 Å². The molecule has 0 radical (unpaired) electrons. The van der Waals surface area contributed by atoms with Crippen molar-refractivity contribution in [1.82, 2.24) is 9.97 Å². The van der Waals surface area contributed by atoms with Crippen molar-refractivity contribution in [2.75, 3.05) is 5.32 Å². The van der Waals surface area contributed by atoms with Gasteiger partial charge in [0.25, 0.3) is 0 Å². The summed E-state index contributed by atoms with van der Waals surface area (Å²) in [6, 6.07) is 8.35. The summed E-state index contributed by atoms with van der Waals surface area (Å²) in [7, 11) is 0. The molecule has 0 saturated heterocycles. The number of nitrogens with one attached hydrogen (secondary N) is 1. The summed E-state index contributed by atoms with van der Waals surface area (Å²) in [5, 5.41) is 10.9. The van der Waals surface area contributed by atoms with Gasteiger partial charge in [-0.05, 0) is 5.56 Å². The van der Waals surface area contributed by atoms with E-state index in [-0.39, 0.29) is 17.9 Å². The highest BCUT2D eigenvalue weighted by molar-refractivity contribution is 5.35. The number of nitriles is 1. The molecule has 108 valence electrons. The molecule has 0 amide bonds. The van der Waals surface area contributed by atoms with E-state index in [1.807, 2.05) is 0 Å². The number of hydrogen-bond acceptors (Lipinski definition) is 4. The Morgan fingerprint density at radius 1 is 1.14 bits per heavy atom. The van der Waals surface area contributed by atoms with Gasteiger partial charge >= 0.3 is 6.18 Å². The second kappa shape index (κ2) is 6.22. The highest BCUT2D eigenvalue weighted by Gasteiger charge is 2.39. The quantitative estimate of drug-likeness (QED) is 0.941. The number of benzene rings is 1. The number of nitrogens with zero attached hydrogens (tertiary/aromatic N) is 3. The Morgan fingerprint density at radius 3 is 2.38 bits per heavy atom. The molecule has 0 fully saturated rings. The number of rotatable bonds is 4. The molecule has 0 aliphatic carbocycles. The molecule has 1 atom stereocenters. The Hall–Kier alpha value is -2.62. The van der Waals surface area contributed by atoms with Crippen molar-refractivity contribution in [1.29, 1.82) is 5.26 Å². The Morgan fingerprint density at radius 2 is 1.86 bits per heavy atom. The van der Waals surface area contributed by atoms with Gasteiger partial charge in [0.2, 0.25) is 0 Å². The van der Waals surface area contributed by atoms with Gasteiger partial charge in [-0.15, -0.1) is 0 Å². The first kappa shape index (κ1) is 14.8. The number of hydrogen-bond donors (Lipinski definition) is 1. The number of anilines is 1. The third kappa shape index (κ3) is 4.18. The fourth-order valence-corrected chi connectivity index (χ4v) is 1.74. The molecule has 1 N–H and O–H groups in total. The minimum absolute atomic E-state index is 0.0211. The number of alkyl halides is 3. The van der Waals surface area contributed by atoms with Crippen LogP contribution in [-0.4, -0.2) is 22.2 Å². The zero-order valence-corrected chi connectivity index (χ0v) is 10.8. The third-order valence-corrected chi connectivity index (χ3v) is 2.77. The monoisotopic (exact) mass is 292 g/mol. The average molecular weight is 292 g/mol. The van der Waals surface area contributed by atoms with E-state index in [0.717, 1.165) is 12.4 Å². The molecule has 21 heavy (non-hydrogen) atoms. The first-order valence-corrected chi connectivity index (χ1v) is 6.08. The van der Waals surface area contributed by atoms with Crippen LogP contribution >= 0.6 is 0 Å². The Labute approximate surface area is 119 Å². The minimum atomic E-state index is -4.43. The molecule has 0 bridgehead atoms. The van der Waals surface area contributed by atoms with Crippen LogP contribution in [0.15, 0.2) is 42.7 Å². The molecule has 7 heteroatoms. The van der Waals surface area contributed by atoms with Gasteiger partial charge in [-0.25, -0.2) is 9.97 Å². The Kier molecular flexibility index (Phi) is 4.38. The van der Waals surface area contributed by atoms with Crippen molar-refractivity contribution in [2.45, 2.75) is 18.6 Å². The van der Waals surface area contributed by atoms with Gasteiger partial charge in [0, 0.05) is 6.42 Å². The molecule has 0 aliphatic rings. The maximum atomic E-state index is 13.1. The van der Waals surface area contributed by atoms with Crippen molar-refractivity contribution in [2.24, 2.45) is 0 Å². The Bertz CT molecular complexity index is 617. The molecule has 0 aliphatic heterocycles. The summed E-state index contributed by atoms with van der Waals surface area (Å²) in [4.78, 5) is 7.43. The molecule has 0 saturated carbocycles. The zero-order valence-electron chi connectivity index (χ0n) is 10.8. The van der Waals surface area contributed by atoms with Crippen molar-refractivity contribution in [3.05, 3.63) is 54.0 Å². The van der Waals surface area contributed by atoms with Crippen LogP contribution in [0, 0.1) is 11.3 Å². The maximum Gasteiger partial charge on any atom is 0.408 e. The maximum absolute atomic E-state index is 13.1. The fourth-order valence-electron chi connectivity index (χ4n) is 1.74. The van der Waals surface area contributed by atoms with E-state index in [1.165, 1.54) is 0 Å². The first-order valence-electron chi connectivity index (χ1n) is 6.08. The highest BCUT2D eigenvalue weighted by Crippen LogP contribution is 2.25. The number of aromatic nitrogens is 2. The lowest BCUT2D eigenvalue weighted by atomic mass is 10.1. The minimum Gasteiger partial charge on any atom is -0.357 e. The Balaban J connectivity index is 2.15. The molecule has 1 aromatic carbocycles. The topological polar surface area (TPSA) is 61.6 Å². The second-order valence-corrected chi connectivity index (χ2v) is 4.33. The van der Waals surface area contributed by atoms with Crippen molar-refractivity contribution >= 4 is 5.82 Å². The summed E-state index contributed by atoms with van der Waals surface area (Å²) in [6.07, 6.45) is -2.40. The predicted octanol–water partition coefficient (Wildman–Crippen LogP) is 2.93. The van der Waals surface area contributed by atoms with E-state index in [4.69, 9.17) is 5.26 Å². The lowest BCUT2D eigenvalue weighted by Gasteiger charge is -2.22. The number of halogens is 3. The van der Waals surface area contributed by atoms with Gasteiger partial charge in [-0.2, -0.15) is 18.4 Å². The molecule has 1 heterocycles. The van der Waals surface area contributed by atoms with E-state index >= 15 is 0 Å². The van der Waals surface area contributed by atoms with Gasteiger partial charge in [0.05, 0.1) is 12.4 Å². The van der Waals surface area contributed by atoms with Crippen LogP contribution in [0.2, 0.25) is 0 Å². The lowest BCUT2D eigenvalue weighted by molar-refractivity contribution is -0.142. The summed E-state index contributed by atoms with van der Waals surface area (Å²) >= 11 is 0. The molecule has 2 aromatic rings. The normalized spacial score (nSPS) is 12.5. The van der Waals surface area contributed by atoms with Crippen LogP contribution in [-0.2, 0) is 6.42 Å². The van der Waals surface area contributed by atoms with E-state index in [9.17, 15) is 13.2 Å². The third-order valence-electron chi connectivity index (χ3n) is 2.77. The predicted molar refractivity (Wildman–Crippen MR) is 70.4 cm³/mol. The molecule has 2 rings (SSSR count). The van der Waals surface area contributed by atoms with Crippen molar-refractivity contribution < 1.29 is 13.2 Å². The summed E-state index contributed by atoms with van der Waals surface area (Å²) in [5.74, 6) is -0.0211.